The minimum absolute atomic E-state index is 0.0870. The molecule has 4 aromatic rings. The molecule has 136 valence electrons. The zero-order valence-electron chi connectivity index (χ0n) is 14.5. The van der Waals surface area contributed by atoms with Gasteiger partial charge >= 0.3 is 0 Å². The highest BCUT2D eigenvalue weighted by Gasteiger charge is 2.16. The lowest BCUT2D eigenvalue weighted by Crippen LogP contribution is -2.15. The van der Waals surface area contributed by atoms with Crippen LogP contribution in [-0.2, 0) is 11.2 Å². The number of nitrogens with zero attached hydrogens (tertiary/aromatic N) is 4. The number of fused-ring (bicyclic) bond motifs is 3. The fourth-order valence-electron chi connectivity index (χ4n) is 2.82. The van der Waals surface area contributed by atoms with E-state index >= 15 is 0 Å². The van der Waals surface area contributed by atoms with Crippen molar-refractivity contribution in [1.29, 1.82) is 0 Å². The molecule has 0 saturated heterocycles. The van der Waals surface area contributed by atoms with E-state index in [0.717, 1.165) is 23.3 Å². The number of aromatic nitrogens is 4. The van der Waals surface area contributed by atoms with Crippen LogP contribution in [0.2, 0.25) is 0 Å². The lowest BCUT2D eigenvalue weighted by Gasteiger charge is -2.08. The second kappa shape index (κ2) is 7.32. The minimum atomic E-state index is -0.466. The summed E-state index contributed by atoms with van der Waals surface area (Å²) in [6.45, 7) is 2.01. The molecule has 2 aromatic heterocycles. The average molecular weight is 381 g/mol. The molecule has 0 aliphatic rings. The first-order valence-electron chi connectivity index (χ1n) is 8.47. The second-order valence-corrected chi connectivity index (χ2v) is 6.82. The maximum Gasteiger partial charge on any atom is 0.234 e. The Bertz CT molecular complexity index is 1140. The van der Waals surface area contributed by atoms with Gasteiger partial charge in [-0.15, -0.1) is 10.2 Å². The molecule has 1 amide bonds. The fourth-order valence-corrected chi connectivity index (χ4v) is 3.59. The Hall–Kier alpha value is -3.00. The molecule has 0 radical (unpaired) electrons. The molecule has 0 spiro atoms. The van der Waals surface area contributed by atoms with Crippen LogP contribution in [0.5, 0.6) is 0 Å². The molecule has 0 aliphatic carbocycles. The fraction of sp³-hybridized carbons (Fsp3) is 0.158. The van der Waals surface area contributed by atoms with Gasteiger partial charge in [-0.05, 0) is 24.3 Å². The van der Waals surface area contributed by atoms with Crippen LogP contribution in [0.4, 0.5) is 10.1 Å². The molecule has 4 rings (SSSR count). The van der Waals surface area contributed by atoms with Crippen LogP contribution < -0.4 is 5.32 Å². The number of carbonyl (C=O) groups is 1. The van der Waals surface area contributed by atoms with Crippen molar-refractivity contribution in [3.63, 3.8) is 0 Å². The third-order valence-electron chi connectivity index (χ3n) is 4.07. The van der Waals surface area contributed by atoms with E-state index in [4.69, 9.17) is 0 Å². The number of amides is 1. The number of anilines is 1. The van der Waals surface area contributed by atoms with Crippen LogP contribution in [0.1, 0.15) is 12.7 Å². The van der Waals surface area contributed by atoms with Gasteiger partial charge < -0.3 is 5.32 Å². The number of aryl methyl sites for hydroxylation is 1. The Morgan fingerprint density at radius 1 is 1.15 bits per heavy atom. The summed E-state index contributed by atoms with van der Waals surface area (Å²) in [7, 11) is 0. The second-order valence-electron chi connectivity index (χ2n) is 5.85. The summed E-state index contributed by atoms with van der Waals surface area (Å²) in [4.78, 5) is 16.9. The number of hydrogen-bond acceptors (Lipinski definition) is 5. The van der Waals surface area contributed by atoms with Crippen molar-refractivity contribution in [1.82, 2.24) is 19.6 Å². The van der Waals surface area contributed by atoms with Gasteiger partial charge in [0.05, 0.1) is 22.5 Å². The van der Waals surface area contributed by atoms with E-state index in [2.05, 4.69) is 20.5 Å². The molecule has 2 heterocycles. The smallest absolute Gasteiger partial charge is 0.234 e. The average Bonchev–Trinajstić information content (AvgIpc) is 3.12. The number of rotatable bonds is 5. The molecule has 0 saturated carbocycles. The first kappa shape index (κ1) is 17.4. The standard InChI is InChI=1S/C19H16FN5OS/c1-2-16-23-24-18-19(22-14-9-5-6-10-15(14)25(16)18)27-11-17(26)21-13-8-4-3-7-12(13)20/h3-10H,2,11H2,1H3,(H,21,26). The van der Waals surface area contributed by atoms with Gasteiger partial charge in [-0.3, -0.25) is 9.20 Å². The number of thioether (sulfide) groups is 1. The Balaban J connectivity index is 1.62. The quantitative estimate of drug-likeness (QED) is 0.534. The maximum absolute atomic E-state index is 13.7. The molecule has 6 nitrogen and oxygen atoms in total. The highest BCUT2D eigenvalue weighted by Crippen LogP contribution is 2.26. The summed E-state index contributed by atoms with van der Waals surface area (Å²) in [5.74, 6) is 0.144. The van der Waals surface area contributed by atoms with Crippen molar-refractivity contribution in [2.75, 3.05) is 11.1 Å². The molecular weight excluding hydrogens is 365 g/mol. The highest BCUT2D eigenvalue weighted by molar-refractivity contribution is 8.00. The summed E-state index contributed by atoms with van der Waals surface area (Å²) >= 11 is 1.25. The number of halogens is 1. The molecule has 0 fully saturated rings. The zero-order chi connectivity index (χ0) is 18.8. The summed E-state index contributed by atoms with van der Waals surface area (Å²) < 4.78 is 15.7. The molecule has 27 heavy (non-hydrogen) atoms. The maximum atomic E-state index is 13.7. The van der Waals surface area contributed by atoms with E-state index in [1.54, 1.807) is 12.1 Å². The number of hydrogen-bond donors (Lipinski definition) is 1. The topological polar surface area (TPSA) is 72.2 Å². The van der Waals surface area contributed by atoms with Crippen molar-refractivity contribution >= 4 is 40.0 Å². The van der Waals surface area contributed by atoms with E-state index in [1.165, 1.54) is 23.9 Å². The molecule has 0 unspecified atom stereocenters. The highest BCUT2D eigenvalue weighted by atomic mass is 32.2. The Morgan fingerprint density at radius 2 is 1.93 bits per heavy atom. The summed E-state index contributed by atoms with van der Waals surface area (Å²) in [6.07, 6.45) is 0.729. The van der Waals surface area contributed by atoms with Crippen molar-refractivity contribution in [3.05, 3.63) is 60.2 Å². The van der Waals surface area contributed by atoms with E-state index in [9.17, 15) is 9.18 Å². The van der Waals surface area contributed by atoms with E-state index in [-0.39, 0.29) is 17.3 Å². The van der Waals surface area contributed by atoms with Gasteiger partial charge in [0, 0.05) is 6.42 Å². The van der Waals surface area contributed by atoms with Crippen LogP contribution in [0.3, 0.4) is 0 Å². The predicted molar refractivity (Wildman–Crippen MR) is 103 cm³/mol. The molecule has 0 bridgehead atoms. The van der Waals surface area contributed by atoms with Gasteiger partial charge in [0.1, 0.15) is 16.7 Å². The van der Waals surface area contributed by atoms with Crippen molar-refractivity contribution in [2.45, 2.75) is 18.4 Å². The molecule has 0 aliphatic heterocycles. The minimum Gasteiger partial charge on any atom is -0.323 e. The normalized spacial score (nSPS) is 11.2. The third-order valence-corrected chi connectivity index (χ3v) is 5.02. The molecule has 2 aromatic carbocycles. The Labute approximate surface area is 158 Å². The van der Waals surface area contributed by atoms with Crippen LogP contribution in [0.25, 0.3) is 16.7 Å². The summed E-state index contributed by atoms with van der Waals surface area (Å²) in [5, 5.41) is 11.7. The number of nitrogens with one attached hydrogen (secondary N) is 1. The Morgan fingerprint density at radius 3 is 2.74 bits per heavy atom. The number of para-hydroxylation sites is 3. The van der Waals surface area contributed by atoms with E-state index < -0.39 is 5.82 Å². The molecule has 0 atom stereocenters. The van der Waals surface area contributed by atoms with E-state index in [0.29, 0.717) is 10.7 Å². The lowest BCUT2D eigenvalue weighted by atomic mass is 10.3. The van der Waals surface area contributed by atoms with Gasteiger partial charge in [-0.2, -0.15) is 0 Å². The van der Waals surface area contributed by atoms with Gasteiger partial charge in [0.15, 0.2) is 5.65 Å². The van der Waals surface area contributed by atoms with Crippen LogP contribution in [-0.4, -0.2) is 31.2 Å². The van der Waals surface area contributed by atoms with Crippen LogP contribution in [0, 0.1) is 5.82 Å². The largest absolute Gasteiger partial charge is 0.323 e. The monoisotopic (exact) mass is 381 g/mol. The van der Waals surface area contributed by atoms with Gasteiger partial charge in [0.2, 0.25) is 5.91 Å². The van der Waals surface area contributed by atoms with Crippen molar-refractivity contribution in [2.24, 2.45) is 0 Å². The van der Waals surface area contributed by atoms with Crippen molar-refractivity contribution in [3.8, 4) is 0 Å². The summed E-state index contributed by atoms with van der Waals surface area (Å²) in [6, 6.07) is 13.8. The number of benzene rings is 2. The molecular formula is C19H16FN5OS. The molecule has 8 heteroatoms. The van der Waals surface area contributed by atoms with E-state index in [1.807, 2.05) is 35.6 Å². The van der Waals surface area contributed by atoms with Crippen LogP contribution >= 0.6 is 11.8 Å². The van der Waals surface area contributed by atoms with Gasteiger partial charge in [-0.25, -0.2) is 9.37 Å². The molecule has 1 N–H and O–H groups in total. The van der Waals surface area contributed by atoms with Crippen molar-refractivity contribution < 1.29 is 9.18 Å². The summed E-state index contributed by atoms with van der Waals surface area (Å²) in [5.41, 5.74) is 2.51. The third kappa shape index (κ3) is 3.35. The van der Waals surface area contributed by atoms with Gasteiger partial charge in [0.25, 0.3) is 0 Å². The van der Waals surface area contributed by atoms with Crippen LogP contribution in [0.15, 0.2) is 53.6 Å². The Kier molecular flexibility index (Phi) is 4.72. The van der Waals surface area contributed by atoms with Gasteiger partial charge in [-0.1, -0.05) is 43.0 Å². The lowest BCUT2D eigenvalue weighted by molar-refractivity contribution is -0.113. The zero-order valence-corrected chi connectivity index (χ0v) is 15.3. The predicted octanol–water partition coefficient (Wildman–Crippen LogP) is 3.71. The SMILES string of the molecule is CCc1nnc2c(SCC(=O)Nc3ccccc3F)nc3ccccc3n12. The first-order chi connectivity index (χ1) is 13.2. The number of carbonyl (C=O) groups excluding carboxylic acids is 1. The first-order valence-corrected chi connectivity index (χ1v) is 9.46.